The van der Waals surface area contributed by atoms with E-state index in [1.165, 1.54) is 64.2 Å². The van der Waals surface area contributed by atoms with Crippen molar-refractivity contribution in [1.29, 1.82) is 0 Å². The Morgan fingerprint density at radius 3 is 1.95 bits per heavy atom. The Morgan fingerprint density at radius 2 is 1.33 bits per heavy atom. The minimum absolute atomic E-state index is 0.201. The van der Waals surface area contributed by atoms with E-state index in [1.54, 1.807) is 6.08 Å². The topological polar surface area (TPSA) is 149 Å². The van der Waals surface area contributed by atoms with Crippen molar-refractivity contribution in [2.24, 2.45) is 0 Å². The third-order valence-corrected chi connectivity index (χ3v) is 8.03. The van der Waals surface area contributed by atoms with E-state index in [1.807, 2.05) is 6.08 Å². The molecule has 0 aliphatic carbocycles. The van der Waals surface area contributed by atoms with Crippen LogP contribution in [0, 0.1) is 0 Å². The highest BCUT2D eigenvalue weighted by molar-refractivity contribution is 5.76. The van der Waals surface area contributed by atoms with Crippen molar-refractivity contribution < 1.29 is 39.8 Å². The van der Waals surface area contributed by atoms with Crippen molar-refractivity contribution in [3.8, 4) is 0 Å². The average molecular weight is 614 g/mol. The van der Waals surface area contributed by atoms with Crippen LogP contribution in [0.5, 0.6) is 0 Å². The van der Waals surface area contributed by atoms with E-state index < -0.39 is 49.5 Å². The number of hydrogen-bond donors (Lipinski definition) is 6. The molecule has 9 heteroatoms. The molecule has 1 aliphatic rings. The van der Waals surface area contributed by atoms with E-state index in [0.29, 0.717) is 6.42 Å². The molecular formula is C34H63NO8. The van der Waals surface area contributed by atoms with Gasteiger partial charge < -0.3 is 40.3 Å². The maximum atomic E-state index is 12.6. The molecule has 7 unspecified atom stereocenters. The van der Waals surface area contributed by atoms with Crippen molar-refractivity contribution in [3.63, 3.8) is 0 Å². The SMILES string of the molecule is CCCCCCCCCCCC/C=C/CC/C=C/C(O)C(COC1OC(CO)C(O)C(O)C1O)NC(=O)CCCCCC. The smallest absolute Gasteiger partial charge is 0.220 e. The molecule has 1 rings (SSSR count). The lowest BCUT2D eigenvalue weighted by Crippen LogP contribution is -2.60. The fourth-order valence-electron chi connectivity index (χ4n) is 5.17. The Labute approximate surface area is 260 Å². The Bertz CT molecular complexity index is 731. The van der Waals surface area contributed by atoms with Crippen molar-refractivity contribution >= 4 is 5.91 Å². The number of unbranched alkanes of at least 4 members (excludes halogenated alkanes) is 14. The molecule has 0 radical (unpaired) electrons. The summed E-state index contributed by atoms with van der Waals surface area (Å²) in [4.78, 5) is 12.6. The zero-order chi connectivity index (χ0) is 31.7. The molecule has 1 aliphatic heterocycles. The lowest BCUT2D eigenvalue weighted by molar-refractivity contribution is -0.302. The van der Waals surface area contributed by atoms with Gasteiger partial charge in [0, 0.05) is 6.42 Å². The average Bonchev–Trinajstić information content (AvgIpc) is 3.00. The van der Waals surface area contributed by atoms with Crippen LogP contribution in [0.3, 0.4) is 0 Å². The molecule has 1 amide bonds. The van der Waals surface area contributed by atoms with Crippen LogP contribution in [-0.2, 0) is 14.3 Å². The van der Waals surface area contributed by atoms with Crippen molar-refractivity contribution in [1.82, 2.24) is 5.32 Å². The second-order valence-electron chi connectivity index (χ2n) is 12.0. The maximum absolute atomic E-state index is 12.6. The van der Waals surface area contributed by atoms with Crippen LogP contribution >= 0.6 is 0 Å². The molecule has 0 spiro atoms. The Hall–Kier alpha value is -1.33. The highest BCUT2D eigenvalue weighted by Crippen LogP contribution is 2.22. The molecule has 1 heterocycles. The number of ether oxygens (including phenoxy) is 2. The van der Waals surface area contributed by atoms with Gasteiger partial charge in [-0.05, 0) is 32.1 Å². The van der Waals surface area contributed by atoms with Gasteiger partial charge in [0.2, 0.25) is 5.91 Å². The quantitative estimate of drug-likeness (QED) is 0.0601. The predicted octanol–water partition coefficient (Wildman–Crippen LogP) is 4.82. The van der Waals surface area contributed by atoms with Gasteiger partial charge in [-0.2, -0.15) is 0 Å². The number of nitrogens with one attached hydrogen (secondary N) is 1. The van der Waals surface area contributed by atoms with E-state index in [2.05, 4.69) is 31.3 Å². The standard InChI is InChI=1S/C34H63NO8/c1-3-5-7-9-10-11-12-13-14-15-16-17-18-19-20-21-23-28(37)27(35-30(38)24-22-8-6-4-2)26-42-34-33(41)32(40)31(39)29(25-36)43-34/h17-18,21,23,27-29,31-34,36-37,39-41H,3-16,19-20,22,24-26H2,1-2H3,(H,35,38)/b18-17+,23-21+. The van der Waals surface area contributed by atoms with Crippen molar-refractivity contribution in [2.45, 2.75) is 172 Å². The van der Waals surface area contributed by atoms with E-state index >= 15 is 0 Å². The number of rotatable bonds is 26. The summed E-state index contributed by atoms with van der Waals surface area (Å²) in [5.74, 6) is -0.208. The molecule has 0 saturated carbocycles. The fourth-order valence-corrected chi connectivity index (χ4v) is 5.17. The lowest BCUT2D eigenvalue weighted by atomic mass is 9.99. The number of aliphatic hydroxyl groups is 5. The first-order chi connectivity index (χ1) is 20.8. The first-order valence-corrected chi connectivity index (χ1v) is 17.1. The number of aliphatic hydroxyl groups excluding tert-OH is 5. The number of hydrogen-bond acceptors (Lipinski definition) is 8. The highest BCUT2D eigenvalue weighted by Gasteiger charge is 2.44. The normalized spacial score (nSPS) is 24.1. The van der Waals surface area contributed by atoms with Gasteiger partial charge in [0.05, 0.1) is 25.4 Å². The minimum atomic E-state index is -1.56. The molecule has 9 nitrogen and oxygen atoms in total. The largest absolute Gasteiger partial charge is 0.394 e. The first kappa shape index (κ1) is 39.7. The van der Waals surface area contributed by atoms with Crippen molar-refractivity contribution in [2.75, 3.05) is 13.2 Å². The summed E-state index contributed by atoms with van der Waals surface area (Å²) < 4.78 is 11.0. The molecule has 252 valence electrons. The second kappa shape index (κ2) is 25.9. The maximum Gasteiger partial charge on any atom is 0.220 e. The second-order valence-corrected chi connectivity index (χ2v) is 12.0. The van der Waals surface area contributed by atoms with Crippen LogP contribution in [0.2, 0.25) is 0 Å². The Kier molecular flexibility index (Phi) is 23.9. The summed E-state index contributed by atoms with van der Waals surface area (Å²) in [6.07, 6.45) is 20.0. The molecule has 0 aromatic heterocycles. The van der Waals surface area contributed by atoms with Gasteiger partial charge in [-0.15, -0.1) is 0 Å². The molecule has 0 aromatic rings. The van der Waals surface area contributed by atoms with Crippen LogP contribution in [0.1, 0.15) is 129 Å². The zero-order valence-electron chi connectivity index (χ0n) is 27.0. The van der Waals surface area contributed by atoms with Crippen LogP contribution < -0.4 is 5.32 Å². The fraction of sp³-hybridized carbons (Fsp3) is 0.853. The van der Waals surface area contributed by atoms with E-state index in [9.17, 15) is 30.3 Å². The van der Waals surface area contributed by atoms with E-state index in [-0.39, 0.29) is 12.5 Å². The molecule has 0 bridgehead atoms. The van der Waals surface area contributed by atoms with Gasteiger partial charge in [0.1, 0.15) is 24.4 Å². The minimum Gasteiger partial charge on any atom is -0.394 e. The first-order valence-electron chi connectivity index (χ1n) is 17.1. The zero-order valence-corrected chi connectivity index (χ0v) is 27.0. The van der Waals surface area contributed by atoms with Crippen LogP contribution in [0.4, 0.5) is 0 Å². The Balaban J connectivity index is 2.44. The van der Waals surface area contributed by atoms with Gasteiger partial charge in [0.15, 0.2) is 6.29 Å². The van der Waals surface area contributed by atoms with Gasteiger partial charge in [-0.25, -0.2) is 0 Å². The number of carbonyl (C=O) groups excluding carboxylic acids is 1. The Morgan fingerprint density at radius 1 is 0.767 bits per heavy atom. The summed E-state index contributed by atoms with van der Waals surface area (Å²) in [7, 11) is 0. The molecule has 1 fully saturated rings. The predicted molar refractivity (Wildman–Crippen MR) is 170 cm³/mol. The molecule has 1 saturated heterocycles. The van der Waals surface area contributed by atoms with Gasteiger partial charge in [0.25, 0.3) is 0 Å². The van der Waals surface area contributed by atoms with Gasteiger partial charge in [-0.1, -0.05) is 115 Å². The summed E-state index contributed by atoms with van der Waals surface area (Å²) in [5, 5.41) is 53.4. The third kappa shape index (κ3) is 18.3. The molecule has 0 aromatic carbocycles. The number of carbonyl (C=O) groups is 1. The van der Waals surface area contributed by atoms with Crippen molar-refractivity contribution in [3.05, 3.63) is 24.3 Å². The van der Waals surface area contributed by atoms with E-state index in [0.717, 1.165) is 44.9 Å². The number of allylic oxidation sites excluding steroid dienone is 3. The van der Waals surface area contributed by atoms with Crippen LogP contribution in [0.15, 0.2) is 24.3 Å². The summed E-state index contributed by atoms with van der Waals surface area (Å²) in [5.41, 5.74) is 0. The monoisotopic (exact) mass is 613 g/mol. The molecule has 7 atom stereocenters. The highest BCUT2D eigenvalue weighted by atomic mass is 16.7. The summed E-state index contributed by atoms with van der Waals surface area (Å²) in [6, 6.07) is -0.811. The molecular weight excluding hydrogens is 550 g/mol. The third-order valence-electron chi connectivity index (χ3n) is 8.03. The van der Waals surface area contributed by atoms with E-state index in [4.69, 9.17) is 9.47 Å². The molecule has 6 N–H and O–H groups in total. The van der Waals surface area contributed by atoms with Crippen LogP contribution in [-0.4, -0.2) is 87.5 Å². The lowest BCUT2D eigenvalue weighted by Gasteiger charge is -2.40. The van der Waals surface area contributed by atoms with Crippen LogP contribution in [0.25, 0.3) is 0 Å². The van der Waals surface area contributed by atoms with Gasteiger partial charge >= 0.3 is 0 Å². The summed E-state index contributed by atoms with van der Waals surface area (Å²) in [6.45, 7) is 3.59. The summed E-state index contributed by atoms with van der Waals surface area (Å²) >= 11 is 0. The number of amides is 1. The molecule has 43 heavy (non-hydrogen) atoms. The van der Waals surface area contributed by atoms with Gasteiger partial charge in [-0.3, -0.25) is 4.79 Å².